The Morgan fingerprint density at radius 2 is 1.88 bits per heavy atom. The lowest BCUT2D eigenvalue weighted by Crippen LogP contribution is -2.28. The summed E-state index contributed by atoms with van der Waals surface area (Å²) in [7, 11) is 0. The summed E-state index contributed by atoms with van der Waals surface area (Å²) in [6.45, 7) is 0.696. The zero-order valence-electron chi connectivity index (χ0n) is 9.63. The van der Waals surface area contributed by atoms with E-state index in [1.54, 1.807) is 0 Å². The quantitative estimate of drug-likeness (QED) is 0.775. The molecular formula is C12H16F3NO. The average Bonchev–Trinajstić information content (AvgIpc) is 2.27. The summed E-state index contributed by atoms with van der Waals surface area (Å²) in [5, 5.41) is 0. The van der Waals surface area contributed by atoms with E-state index in [-0.39, 0.29) is 6.04 Å². The summed E-state index contributed by atoms with van der Waals surface area (Å²) in [6, 6.07) is 9.09. The van der Waals surface area contributed by atoms with Gasteiger partial charge in [0.25, 0.3) is 0 Å². The summed E-state index contributed by atoms with van der Waals surface area (Å²) in [5.41, 5.74) is 3.40. The molecule has 0 amide bonds. The van der Waals surface area contributed by atoms with E-state index in [9.17, 15) is 13.2 Å². The van der Waals surface area contributed by atoms with Gasteiger partial charge in [-0.3, -0.25) is 4.84 Å². The molecule has 0 aliphatic rings. The van der Waals surface area contributed by atoms with Crippen LogP contribution in [0.4, 0.5) is 13.2 Å². The van der Waals surface area contributed by atoms with Gasteiger partial charge in [-0.1, -0.05) is 43.7 Å². The molecule has 96 valence electrons. The molecule has 2 nitrogen and oxygen atoms in total. The zero-order chi connectivity index (χ0) is 12.7. The Kier molecular flexibility index (Phi) is 5.44. The first-order chi connectivity index (χ1) is 8.03. The summed E-state index contributed by atoms with van der Waals surface area (Å²) >= 11 is 0. The molecule has 0 bridgehead atoms. The van der Waals surface area contributed by atoms with Gasteiger partial charge in [-0.15, -0.1) is 0 Å². The van der Waals surface area contributed by atoms with E-state index < -0.39 is 12.8 Å². The highest BCUT2D eigenvalue weighted by Gasteiger charge is 2.28. The second-order valence-corrected chi connectivity index (χ2v) is 3.77. The molecular weight excluding hydrogens is 231 g/mol. The van der Waals surface area contributed by atoms with Gasteiger partial charge in [0.05, 0.1) is 6.04 Å². The predicted octanol–water partition coefficient (Wildman–Crippen LogP) is 3.61. The van der Waals surface area contributed by atoms with E-state index in [1.165, 1.54) is 0 Å². The van der Waals surface area contributed by atoms with Crippen LogP contribution < -0.4 is 5.48 Å². The summed E-state index contributed by atoms with van der Waals surface area (Å²) < 4.78 is 35.8. The second kappa shape index (κ2) is 6.61. The Hall–Kier alpha value is -1.07. The third-order valence-corrected chi connectivity index (χ3v) is 2.24. The molecule has 0 aromatic heterocycles. The number of nitrogens with one attached hydrogen (secondary N) is 1. The van der Waals surface area contributed by atoms with Crippen molar-refractivity contribution in [2.45, 2.75) is 32.0 Å². The fourth-order valence-electron chi connectivity index (χ4n) is 1.49. The molecule has 0 radical (unpaired) electrons. The van der Waals surface area contributed by atoms with Gasteiger partial charge in [-0.25, -0.2) is 0 Å². The van der Waals surface area contributed by atoms with Gasteiger partial charge < -0.3 is 0 Å². The SMILES string of the molecule is CCCC(NOCC(F)(F)F)c1ccccc1. The first-order valence-electron chi connectivity index (χ1n) is 5.52. The smallest absolute Gasteiger partial charge is 0.292 e. The molecule has 17 heavy (non-hydrogen) atoms. The minimum absolute atomic E-state index is 0.205. The third kappa shape index (κ3) is 5.70. The molecule has 1 rings (SSSR count). The highest BCUT2D eigenvalue weighted by molar-refractivity contribution is 5.18. The minimum Gasteiger partial charge on any atom is -0.292 e. The fourth-order valence-corrected chi connectivity index (χ4v) is 1.49. The molecule has 5 heteroatoms. The number of halogens is 3. The van der Waals surface area contributed by atoms with E-state index >= 15 is 0 Å². The van der Waals surface area contributed by atoms with Crippen molar-refractivity contribution in [1.29, 1.82) is 0 Å². The van der Waals surface area contributed by atoms with E-state index in [2.05, 4.69) is 10.3 Å². The molecule has 0 fully saturated rings. The first kappa shape index (κ1) is 14.0. The maximum Gasteiger partial charge on any atom is 0.413 e. The van der Waals surface area contributed by atoms with Crippen molar-refractivity contribution in [3.63, 3.8) is 0 Å². The van der Waals surface area contributed by atoms with Gasteiger partial charge in [-0.2, -0.15) is 18.7 Å². The van der Waals surface area contributed by atoms with Gasteiger partial charge in [-0.05, 0) is 12.0 Å². The van der Waals surface area contributed by atoms with Crippen molar-refractivity contribution in [3.05, 3.63) is 35.9 Å². The topological polar surface area (TPSA) is 21.3 Å². The molecule has 1 aromatic carbocycles. The lowest BCUT2D eigenvalue weighted by Gasteiger charge is -2.18. The highest BCUT2D eigenvalue weighted by Crippen LogP contribution is 2.19. The molecule has 0 spiro atoms. The number of hydrogen-bond donors (Lipinski definition) is 1. The lowest BCUT2D eigenvalue weighted by molar-refractivity contribution is -0.193. The Morgan fingerprint density at radius 1 is 1.24 bits per heavy atom. The van der Waals surface area contributed by atoms with Crippen LogP contribution >= 0.6 is 0 Å². The summed E-state index contributed by atoms with van der Waals surface area (Å²) in [6.07, 6.45) is -2.72. The Labute approximate surface area is 98.7 Å². The first-order valence-corrected chi connectivity index (χ1v) is 5.52. The van der Waals surface area contributed by atoms with E-state index in [0.29, 0.717) is 0 Å². The maximum atomic E-state index is 11.9. The Bertz CT molecular complexity index is 313. The molecule has 0 heterocycles. The van der Waals surface area contributed by atoms with Crippen molar-refractivity contribution < 1.29 is 18.0 Å². The van der Waals surface area contributed by atoms with Crippen molar-refractivity contribution in [2.75, 3.05) is 6.61 Å². The van der Waals surface area contributed by atoms with Crippen molar-refractivity contribution in [1.82, 2.24) is 5.48 Å². The third-order valence-electron chi connectivity index (χ3n) is 2.24. The number of benzene rings is 1. The number of alkyl halides is 3. The predicted molar refractivity (Wildman–Crippen MR) is 59.2 cm³/mol. The Morgan fingerprint density at radius 3 is 2.41 bits per heavy atom. The fraction of sp³-hybridized carbons (Fsp3) is 0.500. The largest absolute Gasteiger partial charge is 0.413 e. The van der Waals surface area contributed by atoms with Gasteiger partial charge in [0.15, 0.2) is 6.61 Å². The Balaban J connectivity index is 2.50. The van der Waals surface area contributed by atoms with E-state index in [1.807, 2.05) is 37.3 Å². The van der Waals surface area contributed by atoms with Crippen LogP contribution in [-0.4, -0.2) is 12.8 Å². The zero-order valence-corrected chi connectivity index (χ0v) is 9.63. The number of hydroxylamine groups is 1. The van der Waals surface area contributed by atoms with Crippen LogP contribution in [0.25, 0.3) is 0 Å². The van der Waals surface area contributed by atoms with Crippen LogP contribution in [0.3, 0.4) is 0 Å². The number of rotatable bonds is 6. The van der Waals surface area contributed by atoms with Crippen molar-refractivity contribution in [2.24, 2.45) is 0 Å². The molecule has 1 atom stereocenters. The van der Waals surface area contributed by atoms with Crippen LogP contribution in [-0.2, 0) is 4.84 Å². The highest BCUT2D eigenvalue weighted by atomic mass is 19.4. The van der Waals surface area contributed by atoms with Gasteiger partial charge in [0.1, 0.15) is 0 Å². The molecule has 0 aliphatic carbocycles. The lowest BCUT2D eigenvalue weighted by atomic mass is 10.0. The summed E-state index contributed by atoms with van der Waals surface area (Å²) in [5.74, 6) is 0. The van der Waals surface area contributed by atoms with Gasteiger partial charge >= 0.3 is 6.18 Å². The second-order valence-electron chi connectivity index (χ2n) is 3.77. The number of hydrogen-bond acceptors (Lipinski definition) is 2. The van der Waals surface area contributed by atoms with Crippen LogP contribution in [0.2, 0.25) is 0 Å². The van der Waals surface area contributed by atoms with Crippen LogP contribution in [0.1, 0.15) is 31.4 Å². The van der Waals surface area contributed by atoms with Crippen LogP contribution in [0.15, 0.2) is 30.3 Å². The monoisotopic (exact) mass is 247 g/mol. The molecule has 0 saturated heterocycles. The maximum absolute atomic E-state index is 11.9. The van der Waals surface area contributed by atoms with Crippen LogP contribution in [0.5, 0.6) is 0 Å². The molecule has 1 N–H and O–H groups in total. The van der Waals surface area contributed by atoms with E-state index in [4.69, 9.17) is 0 Å². The normalized spacial score (nSPS) is 13.6. The van der Waals surface area contributed by atoms with Gasteiger partial charge in [0, 0.05) is 0 Å². The molecule has 0 aliphatic heterocycles. The summed E-state index contributed by atoms with van der Waals surface area (Å²) in [4.78, 5) is 4.49. The molecule has 1 aromatic rings. The molecule has 1 unspecified atom stereocenters. The van der Waals surface area contributed by atoms with Crippen molar-refractivity contribution in [3.8, 4) is 0 Å². The van der Waals surface area contributed by atoms with E-state index in [0.717, 1.165) is 18.4 Å². The average molecular weight is 247 g/mol. The van der Waals surface area contributed by atoms with Crippen LogP contribution in [0, 0.1) is 0 Å². The minimum atomic E-state index is -4.31. The van der Waals surface area contributed by atoms with Crippen molar-refractivity contribution >= 4 is 0 Å². The standard InChI is InChI=1S/C12H16F3NO/c1-2-6-11(10-7-4-3-5-8-10)16-17-9-12(13,14)15/h3-5,7-8,11,16H,2,6,9H2,1H3. The molecule has 0 saturated carbocycles. The van der Waals surface area contributed by atoms with Gasteiger partial charge in [0.2, 0.25) is 0 Å².